The predicted molar refractivity (Wildman–Crippen MR) is 56.0 cm³/mol. The van der Waals surface area contributed by atoms with E-state index in [4.69, 9.17) is 0 Å². The lowest BCUT2D eigenvalue weighted by Gasteiger charge is -1.82. The first-order chi connectivity index (χ1) is 6.29. The fraction of sp³-hybridized carbons (Fsp3) is 0.100. The first kappa shape index (κ1) is 8.51. The molecule has 1 aliphatic rings. The van der Waals surface area contributed by atoms with E-state index in [2.05, 4.69) is 33.1 Å². The topological polar surface area (TPSA) is 32.9 Å². The first-order valence-electron chi connectivity index (χ1n) is 4.01. The molecule has 1 aliphatic carbocycles. The SMILES string of the molecule is O=Cc1cc2c([nH]1)=CCC=C(Br)C=2. The van der Waals surface area contributed by atoms with Crippen molar-refractivity contribution in [2.45, 2.75) is 6.42 Å². The smallest absolute Gasteiger partial charge is 0.166 e. The monoisotopic (exact) mass is 237 g/mol. The third-order valence-corrected chi connectivity index (χ3v) is 2.51. The number of hydrogen-bond donors (Lipinski definition) is 1. The molecular formula is C10H8BrNO. The summed E-state index contributed by atoms with van der Waals surface area (Å²) in [5, 5.41) is 2.08. The van der Waals surface area contributed by atoms with Gasteiger partial charge >= 0.3 is 0 Å². The molecular weight excluding hydrogens is 230 g/mol. The van der Waals surface area contributed by atoms with E-state index in [0.29, 0.717) is 5.69 Å². The van der Waals surface area contributed by atoms with Crippen LogP contribution in [0.5, 0.6) is 0 Å². The molecule has 0 amide bonds. The van der Waals surface area contributed by atoms with E-state index < -0.39 is 0 Å². The molecule has 0 aromatic carbocycles. The molecule has 0 saturated carbocycles. The summed E-state index contributed by atoms with van der Waals surface area (Å²) in [5.74, 6) is 0. The number of aldehydes is 1. The molecule has 0 atom stereocenters. The molecule has 1 aromatic heterocycles. The van der Waals surface area contributed by atoms with Gasteiger partial charge in [0.05, 0.1) is 5.69 Å². The minimum absolute atomic E-state index is 0.625. The molecule has 3 heteroatoms. The lowest BCUT2D eigenvalue weighted by molar-refractivity contribution is 0.111. The second kappa shape index (κ2) is 3.34. The molecule has 1 aromatic rings. The molecule has 13 heavy (non-hydrogen) atoms. The maximum Gasteiger partial charge on any atom is 0.166 e. The Balaban J connectivity index is 2.71. The van der Waals surface area contributed by atoms with Crippen molar-refractivity contribution in [3.05, 3.63) is 32.9 Å². The van der Waals surface area contributed by atoms with Gasteiger partial charge in [-0.25, -0.2) is 0 Å². The Morgan fingerprint density at radius 1 is 1.46 bits per heavy atom. The molecule has 0 saturated heterocycles. The largest absolute Gasteiger partial charge is 0.353 e. The predicted octanol–water partition coefficient (Wildman–Crippen LogP) is 1.07. The van der Waals surface area contributed by atoms with Crippen LogP contribution < -0.4 is 10.6 Å². The van der Waals surface area contributed by atoms with Gasteiger partial charge in [0.25, 0.3) is 0 Å². The normalized spacial score (nSPS) is 14.7. The second-order valence-corrected chi connectivity index (χ2v) is 3.80. The molecule has 2 rings (SSSR count). The van der Waals surface area contributed by atoms with Gasteiger partial charge in [0.2, 0.25) is 0 Å². The quantitative estimate of drug-likeness (QED) is 0.729. The van der Waals surface area contributed by atoms with Crippen molar-refractivity contribution >= 4 is 34.4 Å². The number of aromatic nitrogens is 1. The van der Waals surface area contributed by atoms with Gasteiger partial charge in [-0.15, -0.1) is 0 Å². The highest BCUT2D eigenvalue weighted by Crippen LogP contribution is 2.08. The lowest BCUT2D eigenvalue weighted by atomic mass is 10.3. The van der Waals surface area contributed by atoms with Crippen molar-refractivity contribution in [2.24, 2.45) is 0 Å². The molecule has 2 nitrogen and oxygen atoms in total. The van der Waals surface area contributed by atoms with Gasteiger partial charge in [0.15, 0.2) is 6.29 Å². The minimum atomic E-state index is 0.625. The average molecular weight is 238 g/mol. The van der Waals surface area contributed by atoms with E-state index in [1.54, 1.807) is 0 Å². The second-order valence-electron chi connectivity index (χ2n) is 2.88. The van der Waals surface area contributed by atoms with Crippen LogP contribution in [-0.4, -0.2) is 11.3 Å². The summed E-state index contributed by atoms with van der Waals surface area (Å²) in [7, 11) is 0. The Morgan fingerprint density at radius 2 is 2.31 bits per heavy atom. The molecule has 0 radical (unpaired) electrons. The van der Waals surface area contributed by atoms with Gasteiger partial charge in [-0.3, -0.25) is 4.79 Å². The van der Waals surface area contributed by atoms with Crippen LogP contribution in [0.3, 0.4) is 0 Å². The van der Waals surface area contributed by atoms with Crippen LogP contribution in [0.1, 0.15) is 16.9 Å². The van der Waals surface area contributed by atoms with Gasteiger partial charge < -0.3 is 4.98 Å². The Kier molecular flexibility index (Phi) is 2.19. The summed E-state index contributed by atoms with van der Waals surface area (Å²) in [6.07, 6.45) is 7.85. The van der Waals surface area contributed by atoms with E-state index in [9.17, 15) is 4.79 Å². The summed E-state index contributed by atoms with van der Waals surface area (Å²) in [4.78, 5) is 13.5. The number of hydrogen-bond acceptors (Lipinski definition) is 1. The molecule has 0 fully saturated rings. The maximum atomic E-state index is 10.5. The van der Waals surface area contributed by atoms with Crippen LogP contribution in [0.2, 0.25) is 0 Å². The zero-order chi connectivity index (χ0) is 9.26. The summed E-state index contributed by atoms with van der Waals surface area (Å²) >= 11 is 3.42. The van der Waals surface area contributed by atoms with Crippen molar-refractivity contribution in [3.8, 4) is 0 Å². The molecule has 1 N–H and O–H groups in total. The number of allylic oxidation sites excluding steroid dienone is 2. The zero-order valence-electron chi connectivity index (χ0n) is 6.88. The van der Waals surface area contributed by atoms with E-state index in [0.717, 1.165) is 27.8 Å². The third kappa shape index (κ3) is 1.65. The minimum Gasteiger partial charge on any atom is -0.353 e. The molecule has 1 heterocycles. The van der Waals surface area contributed by atoms with Crippen LogP contribution in [0.15, 0.2) is 16.6 Å². The number of rotatable bonds is 1. The van der Waals surface area contributed by atoms with Crippen molar-refractivity contribution in [3.63, 3.8) is 0 Å². The molecule has 66 valence electrons. The first-order valence-corrected chi connectivity index (χ1v) is 4.80. The van der Waals surface area contributed by atoms with Crippen molar-refractivity contribution in [2.75, 3.05) is 0 Å². The fourth-order valence-corrected chi connectivity index (χ4v) is 1.79. The summed E-state index contributed by atoms with van der Waals surface area (Å²) in [6.45, 7) is 0. The number of fused-ring (bicyclic) bond motifs is 1. The molecule has 0 bridgehead atoms. The Hall–Kier alpha value is -1.09. The standard InChI is InChI=1S/C10H8BrNO/c11-8-2-1-3-10-7(4-8)5-9(6-13)12-10/h2-6,12H,1H2. The highest BCUT2D eigenvalue weighted by Gasteiger charge is 1.97. The van der Waals surface area contributed by atoms with Crippen LogP contribution in [-0.2, 0) is 0 Å². The van der Waals surface area contributed by atoms with Crippen molar-refractivity contribution < 1.29 is 4.79 Å². The third-order valence-electron chi connectivity index (χ3n) is 1.96. The average Bonchev–Trinajstić information content (AvgIpc) is 2.41. The zero-order valence-corrected chi connectivity index (χ0v) is 8.47. The highest BCUT2D eigenvalue weighted by molar-refractivity contribution is 9.12. The fourth-order valence-electron chi connectivity index (χ4n) is 1.36. The van der Waals surface area contributed by atoms with Crippen LogP contribution in [0, 0.1) is 0 Å². The van der Waals surface area contributed by atoms with E-state index in [-0.39, 0.29) is 0 Å². The summed E-state index contributed by atoms with van der Waals surface area (Å²) in [5.41, 5.74) is 0.625. The highest BCUT2D eigenvalue weighted by atomic mass is 79.9. The van der Waals surface area contributed by atoms with E-state index in [1.165, 1.54) is 0 Å². The molecule has 0 unspecified atom stereocenters. The number of carbonyl (C=O) groups is 1. The van der Waals surface area contributed by atoms with Crippen LogP contribution in [0.4, 0.5) is 0 Å². The van der Waals surface area contributed by atoms with E-state index >= 15 is 0 Å². The molecule has 0 spiro atoms. The number of aromatic amines is 1. The lowest BCUT2D eigenvalue weighted by Crippen LogP contribution is -2.21. The Bertz CT molecular complexity index is 482. The van der Waals surface area contributed by atoms with Gasteiger partial charge in [-0.05, 0) is 18.6 Å². The molecule has 0 aliphatic heterocycles. The van der Waals surface area contributed by atoms with Crippen LogP contribution >= 0.6 is 15.9 Å². The van der Waals surface area contributed by atoms with Gasteiger partial charge in [-0.2, -0.15) is 0 Å². The Morgan fingerprint density at radius 3 is 3.08 bits per heavy atom. The van der Waals surface area contributed by atoms with Crippen molar-refractivity contribution in [1.82, 2.24) is 4.98 Å². The summed E-state index contributed by atoms with van der Waals surface area (Å²) < 4.78 is 1.05. The van der Waals surface area contributed by atoms with Crippen LogP contribution in [0.25, 0.3) is 12.2 Å². The Labute approximate surface area is 83.8 Å². The number of nitrogens with one attached hydrogen (secondary N) is 1. The maximum absolute atomic E-state index is 10.5. The van der Waals surface area contributed by atoms with E-state index in [1.807, 2.05) is 12.1 Å². The van der Waals surface area contributed by atoms with Gasteiger partial charge in [0.1, 0.15) is 0 Å². The number of H-pyrrole nitrogens is 1. The van der Waals surface area contributed by atoms with Gasteiger partial charge in [-0.1, -0.05) is 28.1 Å². The number of carbonyl (C=O) groups excluding carboxylic acids is 1. The summed E-state index contributed by atoms with van der Waals surface area (Å²) in [6, 6.07) is 1.85. The van der Waals surface area contributed by atoms with Gasteiger partial charge in [0, 0.05) is 15.1 Å². The number of halogens is 1. The van der Waals surface area contributed by atoms with Crippen molar-refractivity contribution in [1.29, 1.82) is 0 Å².